The summed E-state index contributed by atoms with van der Waals surface area (Å²) in [7, 11) is 0. The van der Waals surface area contributed by atoms with Gasteiger partial charge >= 0.3 is 0 Å². The highest BCUT2D eigenvalue weighted by Crippen LogP contribution is 2.37. The Morgan fingerprint density at radius 3 is 1.57 bits per heavy atom. The Kier molecular flexibility index (Phi) is 6.03. The number of benzene rings is 6. The van der Waals surface area contributed by atoms with Crippen LogP contribution in [0.1, 0.15) is 0 Å². The third-order valence-electron chi connectivity index (χ3n) is 8.46. The molecule has 216 valence electrons. The average molecular weight is 591 g/mol. The van der Waals surface area contributed by atoms with Gasteiger partial charge in [0, 0.05) is 38.8 Å². The quantitative estimate of drug-likeness (QED) is 0.200. The molecule has 6 heteroatoms. The normalized spacial score (nSPS) is 11.5. The topological polar surface area (TPSA) is 61.4 Å². The number of imidazole rings is 1. The molecule has 9 aromatic rings. The summed E-state index contributed by atoms with van der Waals surface area (Å²) in [6, 6.07) is 51.9. The lowest BCUT2D eigenvalue weighted by molar-refractivity contribution is 1.07. The average Bonchev–Trinajstić information content (AvgIpc) is 3.72. The first kappa shape index (κ1) is 26.0. The standard InChI is InChI=1S/C40H26N6/c1-4-12-27(13-5-1)38-42-39(28-14-6-2-7-15-28)44-40(43-38)29-20-22-31(23-21-29)46-35-19-11-10-18-32(35)33-24-25-34-37(36(33)46)45(26-41-34)30-16-8-3-9-17-30/h1-26H. The molecule has 0 radical (unpaired) electrons. The summed E-state index contributed by atoms with van der Waals surface area (Å²) in [6.07, 6.45) is 1.92. The first-order valence-corrected chi connectivity index (χ1v) is 15.2. The zero-order valence-corrected chi connectivity index (χ0v) is 24.7. The first-order chi connectivity index (χ1) is 22.8. The molecular formula is C40H26N6. The Morgan fingerprint density at radius 2 is 0.935 bits per heavy atom. The molecule has 0 bridgehead atoms. The third kappa shape index (κ3) is 4.27. The fourth-order valence-electron chi connectivity index (χ4n) is 6.30. The molecule has 0 aliphatic rings. The number of hydrogen-bond donors (Lipinski definition) is 0. The number of aromatic nitrogens is 6. The monoisotopic (exact) mass is 590 g/mol. The zero-order chi connectivity index (χ0) is 30.5. The highest BCUT2D eigenvalue weighted by atomic mass is 15.1. The summed E-state index contributed by atoms with van der Waals surface area (Å²) < 4.78 is 4.53. The first-order valence-electron chi connectivity index (χ1n) is 15.2. The minimum atomic E-state index is 0.631. The molecule has 0 aliphatic heterocycles. The Bertz CT molecular complexity index is 2440. The lowest BCUT2D eigenvalue weighted by atomic mass is 10.1. The van der Waals surface area contributed by atoms with Crippen molar-refractivity contribution in [2.75, 3.05) is 0 Å². The molecule has 46 heavy (non-hydrogen) atoms. The zero-order valence-electron chi connectivity index (χ0n) is 24.7. The lowest BCUT2D eigenvalue weighted by Crippen LogP contribution is -2.01. The summed E-state index contributed by atoms with van der Waals surface area (Å²) in [6.45, 7) is 0. The van der Waals surface area contributed by atoms with Crippen molar-refractivity contribution < 1.29 is 0 Å². The van der Waals surface area contributed by atoms with Crippen LogP contribution in [0.4, 0.5) is 0 Å². The van der Waals surface area contributed by atoms with Gasteiger partial charge < -0.3 is 4.57 Å². The summed E-state index contributed by atoms with van der Waals surface area (Å²) in [5.41, 5.74) is 9.20. The number of fused-ring (bicyclic) bond motifs is 5. The molecule has 0 N–H and O–H groups in total. The molecule has 0 saturated heterocycles. The number of hydrogen-bond acceptors (Lipinski definition) is 4. The fourth-order valence-corrected chi connectivity index (χ4v) is 6.30. The van der Waals surface area contributed by atoms with Gasteiger partial charge in [-0.2, -0.15) is 0 Å². The van der Waals surface area contributed by atoms with Crippen LogP contribution in [0.3, 0.4) is 0 Å². The largest absolute Gasteiger partial charge is 0.307 e. The van der Waals surface area contributed by atoms with Crippen molar-refractivity contribution in [3.05, 3.63) is 158 Å². The summed E-state index contributed by atoms with van der Waals surface area (Å²) in [5.74, 6) is 1.92. The Labute approximate surface area is 264 Å². The molecule has 0 amide bonds. The van der Waals surface area contributed by atoms with Gasteiger partial charge in [0.1, 0.15) is 6.33 Å². The maximum Gasteiger partial charge on any atom is 0.164 e. The van der Waals surface area contributed by atoms with E-state index in [1.165, 1.54) is 10.8 Å². The van der Waals surface area contributed by atoms with E-state index in [1.54, 1.807) is 0 Å². The molecule has 9 rings (SSSR count). The van der Waals surface area contributed by atoms with Crippen LogP contribution in [-0.4, -0.2) is 29.1 Å². The maximum absolute atomic E-state index is 4.93. The van der Waals surface area contributed by atoms with Crippen LogP contribution < -0.4 is 0 Å². The van der Waals surface area contributed by atoms with Crippen LogP contribution in [0.2, 0.25) is 0 Å². The second kappa shape index (κ2) is 10.6. The molecule has 3 aromatic heterocycles. The maximum atomic E-state index is 4.93. The van der Waals surface area contributed by atoms with Crippen LogP contribution in [-0.2, 0) is 0 Å². The summed E-state index contributed by atoms with van der Waals surface area (Å²) >= 11 is 0. The van der Waals surface area contributed by atoms with Crippen LogP contribution in [0.5, 0.6) is 0 Å². The van der Waals surface area contributed by atoms with Crippen molar-refractivity contribution in [1.82, 2.24) is 29.1 Å². The van der Waals surface area contributed by atoms with E-state index in [0.717, 1.165) is 50.1 Å². The molecule has 0 saturated carbocycles. The van der Waals surface area contributed by atoms with Crippen molar-refractivity contribution in [2.45, 2.75) is 0 Å². The molecule has 0 atom stereocenters. The molecule has 6 aromatic carbocycles. The van der Waals surface area contributed by atoms with Gasteiger partial charge in [-0.15, -0.1) is 0 Å². The van der Waals surface area contributed by atoms with Crippen LogP contribution in [0.15, 0.2) is 158 Å². The van der Waals surface area contributed by atoms with E-state index in [0.29, 0.717) is 17.5 Å². The highest BCUT2D eigenvalue weighted by molar-refractivity contribution is 6.17. The predicted octanol–water partition coefficient (Wildman–Crippen LogP) is 9.31. The Hall–Kier alpha value is -6.40. The van der Waals surface area contributed by atoms with Crippen LogP contribution in [0.25, 0.3) is 78.4 Å². The molecular weight excluding hydrogens is 564 g/mol. The van der Waals surface area contributed by atoms with Gasteiger partial charge in [0.25, 0.3) is 0 Å². The van der Waals surface area contributed by atoms with Gasteiger partial charge in [-0.1, -0.05) is 97.1 Å². The van der Waals surface area contributed by atoms with Crippen molar-refractivity contribution >= 4 is 32.8 Å². The van der Waals surface area contributed by atoms with Gasteiger partial charge in [-0.3, -0.25) is 4.57 Å². The van der Waals surface area contributed by atoms with E-state index in [1.807, 2.05) is 73.1 Å². The Morgan fingerprint density at radius 1 is 0.391 bits per heavy atom. The fraction of sp³-hybridized carbons (Fsp3) is 0. The van der Waals surface area contributed by atoms with Gasteiger partial charge in [0.15, 0.2) is 17.5 Å². The van der Waals surface area contributed by atoms with Crippen molar-refractivity contribution in [3.8, 4) is 45.5 Å². The lowest BCUT2D eigenvalue weighted by Gasteiger charge is -2.12. The number of para-hydroxylation sites is 2. The third-order valence-corrected chi connectivity index (χ3v) is 8.46. The molecule has 3 heterocycles. The molecule has 6 nitrogen and oxygen atoms in total. The van der Waals surface area contributed by atoms with Crippen molar-refractivity contribution in [2.24, 2.45) is 0 Å². The summed E-state index contributed by atoms with van der Waals surface area (Å²) in [4.78, 5) is 19.5. The predicted molar refractivity (Wildman–Crippen MR) is 185 cm³/mol. The second-order valence-corrected chi connectivity index (χ2v) is 11.2. The van der Waals surface area contributed by atoms with Gasteiger partial charge in [0.2, 0.25) is 0 Å². The van der Waals surface area contributed by atoms with E-state index in [-0.39, 0.29) is 0 Å². The van der Waals surface area contributed by atoms with E-state index < -0.39 is 0 Å². The van der Waals surface area contributed by atoms with Gasteiger partial charge in [-0.25, -0.2) is 19.9 Å². The highest BCUT2D eigenvalue weighted by Gasteiger charge is 2.19. The smallest absolute Gasteiger partial charge is 0.164 e. The molecule has 0 spiro atoms. The number of nitrogens with zero attached hydrogens (tertiary/aromatic N) is 6. The van der Waals surface area contributed by atoms with Crippen molar-refractivity contribution in [3.63, 3.8) is 0 Å². The molecule has 0 aliphatic carbocycles. The molecule has 0 unspecified atom stereocenters. The van der Waals surface area contributed by atoms with Gasteiger partial charge in [0.05, 0.1) is 22.1 Å². The minimum Gasteiger partial charge on any atom is -0.307 e. The van der Waals surface area contributed by atoms with Gasteiger partial charge in [-0.05, 0) is 54.6 Å². The minimum absolute atomic E-state index is 0.631. The summed E-state index contributed by atoms with van der Waals surface area (Å²) in [5, 5.41) is 2.38. The second-order valence-electron chi connectivity index (χ2n) is 11.2. The number of rotatable bonds is 5. The van der Waals surface area contributed by atoms with Crippen LogP contribution in [0, 0.1) is 0 Å². The van der Waals surface area contributed by atoms with Crippen molar-refractivity contribution in [1.29, 1.82) is 0 Å². The SMILES string of the molecule is c1ccc(-c2nc(-c3ccccc3)nc(-c3ccc(-n4c5ccccc5c5ccc6ncn(-c7ccccc7)c6c54)cc3)n2)cc1. The van der Waals surface area contributed by atoms with E-state index in [4.69, 9.17) is 19.9 Å². The Balaban J connectivity index is 1.24. The van der Waals surface area contributed by atoms with Crippen LogP contribution >= 0.6 is 0 Å². The molecule has 0 fully saturated rings. The van der Waals surface area contributed by atoms with E-state index >= 15 is 0 Å². The van der Waals surface area contributed by atoms with E-state index in [9.17, 15) is 0 Å². The van der Waals surface area contributed by atoms with E-state index in [2.05, 4.69) is 94.1 Å².